The van der Waals surface area contributed by atoms with Gasteiger partial charge in [-0.05, 0) is 36.4 Å². The van der Waals surface area contributed by atoms with Gasteiger partial charge in [-0.3, -0.25) is 4.79 Å². The Morgan fingerprint density at radius 3 is 2.54 bits per heavy atom. The Labute approximate surface area is 147 Å². The number of nitrogens with one attached hydrogen (secondary N) is 1. The number of anilines is 2. The van der Waals surface area contributed by atoms with E-state index in [-0.39, 0.29) is 16.3 Å². The molecule has 0 heterocycles. The first-order valence-electron chi connectivity index (χ1n) is 6.62. The minimum atomic E-state index is -0.702. The van der Waals surface area contributed by atoms with E-state index in [0.717, 1.165) is 0 Å². The second-order valence-corrected chi connectivity index (χ2v) is 5.48. The fraction of sp³-hybridized carbons (Fsp3) is 0.0625. The number of rotatable bonds is 4. The van der Waals surface area contributed by atoms with Crippen LogP contribution in [-0.4, -0.2) is 18.5 Å². The van der Waals surface area contributed by atoms with E-state index >= 15 is 0 Å². The second-order valence-electron chi connectivity index (χ2n) is 4.67. The Morgan fingerprint density at radius 2 is 1.92 bits per heavy atom. The van der Waals surface area contributed by atoms with Gasteiger partial charge in [-0.2, -0.15) is 5.26 Å². The van der Waals surface area contributed by atoms with Crippen molar-refractivity contribution in [3.05, 3.63) is 57.6 Å². The van der Waals surface area contributed by atoms with Crippen molar-refractivity contribution in [2.24, 2.45) is 0 Å². The van der Waals surface area contributed by atoms with E-state index in [1.54, 1.807) is 0 Å². The standard InChI is InChI=1S/C16H11Cl2N3O3/c17-12-4-2-9(5-14(12)20)16(23)24-8-15(22)21-11-3-1-10(7-19)13(18)6-11/h1-6H,8,20H2,(H,21,22). The van der Waals surface area contributed by atoms with Gasteiger partial charge in [-0.1, -0.05) is 23.2 Å². The molecule has 0 fully saturated rings. The molecule has 8 heteroatoms. The van der Waals surface area contributed by atoms with Crippen LogP contribution in [0.1, 0.15) is 15.9 Å². The summed E-state index contributed by atoms with van der Waals surface area (Å²) in [5.74, 6) is -1.25. The number of carbonyl (C=O) groups is 2. The molecule has 0 atom stereocenters. The zero-order chi connectivity index (χ0) is 17.7. The van der Waals surface area contributed by atoms with Crippen molar-refractivity contribution in [3.8, 4) is 6.07 Å². The molecule has 122 valence electrons. The summed E-state index contributed by atoms with van der Waals surface area (Å²) in [6.07, 6.45) is 0. The van der Waals surface area contributed by atoms with E-state index in [4.69, 9.17) is 38.9 Å². The summed E-state index contributed by atoms with van der Waals surface area (Å²) >= 11 is 11.6. The molecule has 0 saturated carbocycles. The van der Waals surface area contributed by atoms with Crippen LogP contribution >= 0.6 is 23.2 Å². The number of benzene rings is 2. The fourth-order valence-electron chi connectivity index (χ4n) is 1.77. The smallest absolute Gasteiger partial charge is 0.338 e. The molecule has 2 aromatic rings. The van der Waals surface area contributed by atoms with Gasteiger partial charge < -0.3 is 15.8 Å². The van der Waals surface area contributed by atoms with Crippen molar-refractivity contribution in [1.82, 2.24) is 0 Å². The van der Waals surface area contributed by atoms with Gasteiger partial charge in [0.1, 0.15) is 6.07 Å². The van der Waals surface area contributed by atoms with Crippen LogP contribution in [0.4, 0.5) is 11.4 Å². The molecule has 0 spiro atoms. The van der Waals surface area contributed by atoms with Crippen LogP contribution in [0.2, 0.25) is 10.0 Å². The third-order valence-electron chi connectivity index (χ3n) is 2.94. The summed E-state index contributed by atoms with van der Waals surface area (Å²) in [5, 5.41) is 11.8. The predicted molar refractivity (Wildman–Crippen MR) is 90.9 cm³/mol. The lowest BCUT2D eigenvalue weighted by Crippen LogP contribution is -2.21. The van der Waals surface area contributed by atoms with E-state index in [1.165, 1.54) is 36.4 Å². The van der Waals surface area contributed by atoms with Gasteiger partial charge in [0, 0.05) is 5.69 Å². The highest BCUT2D eigenvalue weighted by Gasteiger charge is 2.12. The Morgan fingerprint density at radius 1 is 1.17 bits per heavy atom. The van der Waals surface area contributed by atoms with Crippen LogP contribution in [0.5, 0.6) is 0 Å². The minimum Gasteiger partial charge on any atom is -0.452 e. The van der Waals surface area contributed by atoms with Crippen LogP contribution in [0.3, 0.4) is 0 Å². The van der Waals surface area contributed by atoms with E-state index in [2.05, 4.69) is 5.32 Å². The SMILES string of the molecule is N#Cc1ccc(NC(=O)COC(=O)c2ccc(Cl)c(N)c2)cc1Cl. The lowest BCUT2D eigenvalue weighted by atomic mass is 10.2. The number of nitrogen functional groups attached to an aromatic ring is 1. The van der Waals surface area contributed by atoms with Gasteiger partial charge in [0.25, 0.3) is 5.91 Å². The molecule has 0 saturated heterocycles. The van der Waals surface area contributed by atoms with Crippen molar-refractivity contribution < 1.29 is 14.3 Å². The summed E-state index contributed by atoms with van der Waals surface area (Å²) < 4.78 is 4.90. The maximum Gasteiger partial charge on any atom is 0.338 e. The van der Waals surface area contributed by atoms with Crippen LogP contribution in [-0.2, 0) is 9.53 Å². The van der Waals surface area contributed by atoms with E-state index in [9.17, 15) is 9.59 Å². The second kappa shape index (κ2) is 7.68. The number of ether oxygens (including phenoxy) is 1. The first kappa shape index (κ1) is 17.6. The molecule has 0 aliphatic heterocycles. The average molecular weight is 364 g/mol. The van der Waals surface area contributed by atoms with Crippen molar-refractivity contribution in [2.45, 2.75) is 0 Å². The summed E-state index contributed by atoms with van der Waals surface area (Å²) in [7, 11) is 0. The molecule has 0 aromatic heterocycles. The van der Waals surface area contributed by atoms with Crippen molar-refractivity contribution in [3.63, 3.8) is 0 Å². The Bertz CT molecular complexity index is 847. The van der Waals surface area contributed by atoms with Crippen molar-refractivity contribution in [1.29, 1.82) is 5.26 Å². The quantitative estimate of drug-likeness (QED) is 0.640. The lowest BCUT2D eigenvalue weighted by Gasteiger charge is -2.08. The molecule has 0 aliphatic carbocycles. The molecule has 3 N–H and O–H groups in total. The van der Waals surface area contributed by atoms with E-state index < -0.39 is 18.5 Å². The summed E-state index contributed by atoms with van der Waals surface area (Å²) in [5.41, 5.74) is 6.70. The van der Waals surface area contributed by atoms with E-state index in [0.29, 0.717) is 16.3 Å². The van der Waals surface area contributed by atoms with Crippen molar-refractivity contribution in [2.75, 3.05) is 17.7 Å². The first-order chi connectivity index (χ1) is 11.4. The normalized spacial score (nSPS) is 9.88. The number of amides is 1. The number of hydrogen-bond acceptors (Lipinski definition) is 5. The molecule has 24 heavy (non-hydrogen) atoms. The zero-order valence-corrected chi connectivity index (χ0v) is 13.7. The maximum atomic E-state index is 11.8. The number of carbonyl (C=O) groups excluding carboxylic acids is 2. The number of hydrogen-bond donors (Lipinski definition) is 2. The number of esters is 1. The average Bonchev–Trinajstić information content (AvgIpc) is 2.55. The van der Waals surface area contributed by atoms with Crippen LogP contribution in [0.15, 0.2) is 36.4 Å². The van der Waals surface area contributed by atoms with Crippen LogP contribution in [0, 0.1) is 11.3 Å². The maximum absolute atomic E-state index is 11.8. The Kier molecular flexibility index (Phi) is 5.64. The summed E-state index contributed by atoms with van der Waals surface area (Å²) in [6, 6.07) is 10.6. The van der Waals surface area contributed by atoms with Gasteiger partial charge in [-0.25, -0.2) is 4.79 Å². The van der Waals surface area contributed by atoms with Crippen molar-refractivity contribution >= 4 is 46.5 Å². The summed E-state index contributed by atoms with van der Waals surface area (Å²) in [6.45, 7) is -0.487. The largest absolute Gasteiger partial charge is 0.452 e. The number of nitrogens with two attached hydrogens (primary N) is 1. The monoisotopic (exact) mass is 363 g/mol. The van der Waals surface area contributed by atoms with Crippen LogP contribution < -0.4 is 11.1 Å². The highest BCUT2D eigenvalue weighted by Crippen LogP contribution is 2.21. The van der Waals surface area contributed by atoms with Crippen LogP contribution in [0.25, 0.3) is 0 Å². The lowest BCUT2D eigenvalue weighted by molar-refractivity contribution is -0.119. The molecule has 0 bridgehead atoms. The van der Waals surface area contributed by atoms with Gasteiger partial charge in [-0.15, -0.1) is 0 Å². The number of nitrogens with zero attached hydrogens (tertiary/aromatic N) is 1. The first-order valence-corrected chi connectivity index (χ1v) is 7.38. The number of nitriles is 1. The third kappa shape index (κ3) is 4.38. The molecule has 2 rings (SSSR count). The highest BCUT2D eigenvalue weighted by atomic mass is 35.5. The molecule has 0 unspecified atom stereocenters. The molecule has 0 radical (unpaired) electrons. The van der Waals surface area contributed by atoms with Gasteiger partial charge >= 0.3 is 5.97 Å². The molecule has 6 nitrogen and oxygen atoms in total. The molecular weight excluding hydrogens is 353 g/mol. The zero-order valence-electron chi connectivity index (χ0n) is 12.2. The summed E-state index contributed by atoms with van der Waals surface area (Å²) in [4.78, 5) is 23.6. The van der Waals surface area contributed by atoms with E-state index in [1.807, 2.05) is 6.07 Å². The Balaban J connectivity index is 1.93. The fourth-order valence-corrected chi connectivity index (χ4v) is 2.11. The molecular formula is C16H11Cl2N3O3. The van der Waals surface area contributed by atoms with Gasteiger partial charge in [0.15, 0.2) is 6.61 Å². The minimum absolute atomic E-state index is 0.186. The molecule has 2 aromatic carbocycles. The number of halogens is 2. The predicted octanol–water partition coefficient (Wildman–Crippen LogP) is 3.24. The third-order valence-corrected chi connectivity index (χ3v) is 3.60. The topological polar surface area (TPSA) is 105 Å². The van der Waals surface area contributed by atoms with Gasteiger partial charge in [0.2, 0.25) is 0 Å². The van der Waals surface area contributed by atoms with Gasteiger partial charge in [0.05, 0.1) is 26.9 Å². The molecule has 1 amide bonds. The highest BCUT2D eigenvalue weighted by molar-refractivity contribution is 6.33. The molecule has 0 aliphatic rings. The Hall–Kier alpha value is -2.75.